The topological polar surface area (TPSA) is 115 Å². The molecule has 1 aliphatic rings. The molecule has 0 amide bonds. The van der Waals surface area contributed by atoms with Gasteiger partial charge < -0.3 is 15.0 Å². The van der Waals surface area contributed by atoms with Crippen molar-refractivity contribution in [3.63, 3.8) is 0 Å². The second-order valence-corrected chi connectivity index (χ2v) is 10.3. The highest BCUT2D eigenvalue weighted by atomic mass is 35.5. The van der Waals surface area contributed by atoms with Crippen molar-refractivity contribution in [3.8, 4) is 22.7 Å². The monoisotopic (exact) mass is 566 g/mol. The van der Waals surface area contributed by atoms with Crippen molar-refractivity contribution in [2.45, 2.75) is 26.7 Å². The Morgan fingerprint density at radius 3 is 2.58 bits per heavy atom. The van der Waals surface area contributed by atoms with Crippen LogP contribution in [0.4, 0.5) is 15.8 Å². The number of benzene rings is 1. The van der Waals surface area contributed by atoms with Crippen LogP contribution in [0.15, 0.2) is 41.3 Å². The lowest BCUT2D eigenvalue weighted by molar-refractivity contribution is -0.385. The average Bonchev–Trinajstić information content (AvgIpc) is 2.93. The van der Waals surface area contributed by atoms with E-state index in [4.69, 9.17) is 21.3 Å². The summed E-state index contributed by atoms with van der Waals surface area (Å²) in [6.07, 6.45) is 1.63. The van der Waals surface area contributed by atoms with E-state index < -0.39 is 22.0 Å². The molecule has 1 aliphatic heterocycles. The van der Waals surface area contributed by atoms with Crippen molar-refractivity contribution in [1.82, 2.24) is 19.9 Å². The number of hydrogen-bond acceptors (Lipinski definition) is 8. The van der Waals surface area contributed by atoms with E-state index in [0.29, 0.717) is 48.5 Å². The molecule has 12 heteroatoms. The van der Waals surface area contributed by atoms with E-state index in [-0.39, 0.29) is 39.3 Å². The first kappa shape index (κ1) is 27.5. The molecule has 0 spiro atoms. The summed E-state index contributed by atoms with van der Waals surface area (Å²) >= 11 is 6.75. The molecule has 1 aromatic carbocycles. The lowest BCUT2D eigenvalue weighted by atomic mass is 10.0. The zero-order valence-electron chi connectivity index (χ0n) is 22.5. The molecular weight excluding hydrogens is 539 g/mol. The Labute approximate surface area is 234 Å². The fourth-order valence-electron chi connectivity index (χ4n) is 5.20. The molecule has 10 nitrogen and oxygen atoms in total. The van der Waals surface area contributed by atoms with E-state index in [9.17, 15) is 14.9 Å². The molecule has 0 bridgehead atoms. The Kier molecular flexibility index (Phi) is 7.43. The van der Waals surface area contributed by atoms with Gasteiger partial charge in [0.05, 0.1) is 45.1 Å². The van der Waals surface area contributed by atoms with Crippen LogP contribution >= 0.6 is 11.6 Å². The fraction of sp³-hybridized carbons (Fsp3) is 0.321. The number of fused-ring (bicyclic) bond motifs is 1. The van der Waals surface area contributed by atoms with Gasteiger partial charge in [0.25, 0.3) is 0 Å². The number of piperazine rings is 1. The molecule has 0 atom stereocenters. The molecule has 1 saturated heterocycles. The van der Waals surface area contributed by atoms with Crippen LogP contribution in [0.2, 0.25) is 5.02 Å². The third-order valence-corrected chi connectivity index (χ3v) is 7.31. The van der Waals surface area contributed by atoms with Crippen molar-refractivity contribution < 1.29 is 14.1 Å². The van der Waals surface area contributed by atoms with Gasteiger partial charge >= 0.3 is 11.2 Å². The molecule has 5 rings (SSSR count). The maximum Gasteiger partial charge on any atom is 0.358 e. The van der Waals surface area contributed by atoms with Gasteiger partial charge in [-0.05, 0) is 42.7 Å². The van der Waals surface area contributed by atoms with Crippen molar-refractivity contribution in [2.24, 2.45) is 0 Å². The third-order valence-electron chi connectivity index (χ3n) is 7.03. The molecule has 1 N–H and O–H groups in total. The summed E-state index contributed by atoms with van der Waals surface area (Å²) in [6.45, 7) is 7.66. The summed E-state index contributed by atoms with van der Waals surface area (Å²) in [7, 11) is 1.41. The van der Waals surface area contributed by atoms with Gasteiger partial charge in [-0.3, -0.25) is 24.5 Å². The Hall–Kier alpha value is -4.09. The highest BCUT2D eigenvalue weighted by Crippen LogP contribution is 2.42. The summed E-state index contributed by atoms with van der Waals surface area (Å²) in [5.41, 5.74) is 0.497. The number of ether oxygens (including phenoxy) is 1. The van der Waals surface area contributed by atoms with E-state index >= 15 is 4.39 Å². The van der Waals surface area contributed by atoms with Crippen LogP contribution in [0.5, 0.6) is 5.75 Å². The maximum absolute atomic E-state index is 15.2. The van der Waals surface area contributed by atoms with Gasteiger partial charge in [0.2, 0.25) is 0 Å². The number of nitro groups is 1. The van der Waals surface area contributed by atoms with Crippen LogP contribution in [-0.4, -0.2) is 52.7 Å². The van der Waals surface area contributed by atoms with Crippen LogP contribution in [0.1, 0.15) is 31.0 Å². The van der Waals surface area contributed by atoms with Crippen LogP contribution in [-0.2, 0) is 0 Å². The fourth-order valence-corrected chi connectivity index (χ4v) is 5.45. The van der Waals surface area contributed by atoms with Crippen LogP contribution in [0.3, 0.4) is 0 Å². The zero-order chi connectivity index (χ0) is 28.7. The van der Waals surface area contributed by atoms with Gasteiger partial charge in [-0.15, -0.1) is 0 Å². The molecule has 4 aromatic rings. The minimum absolute atomic E-state index is 0.0185. The van der Waals surface area contributed by atoms with Crippen molar-refractivity contribution in [1.29, 1.82) is 0 Å². The number of aromatic nitrogens is 3. The van der Waals surface area contributed by atoms with Gasteiger partial charge in [0.15, 0.2) is 5.65 Å². The Morgan fingerprint density at radius 1 is 1.20 bits per heavy atom. The highest BCUT2D eigenvalue weighted by Gasteiger charge is 2.34. The number of hydrogen-bond donors (Lipinski definition) is 1. The number of rotatable bonds is 6. The number of methoxy groups -OCH3 is 1. The van der Waals surface area contributed by atoms with Gasteiger partial charge in [0.1, 0.15) is 17.3 Å². The smallest absolute Gasteiger partial charge is 0.358 e. The van der Waals surface area contributed by atoms with E-state index in [0.717, 1.165) is 0 Å². The molecule has 0 aliphatic carbocycles. The summed E-state index contributed by atoms with van der Waals surface area (Å²) in [5.74, 6) is -0.541. The van der Waals surface area contributed by atoms with Crippen molar-refractivity contribution >= 4 is 34.0 Å². The maximum atomic E-state index is 15.2. The molecule has 1 fully saturated rings. The molecule has 3 aromatic heterocycles. The second kappa shape index (κ2) is 10.8. The largest absolute Gasteiger partial charge is 0.496 e. The number of aryl methyl sites for hydroxylation is 1. The van der Waals surface area contributed by atoms with Gasteiger partial charge in [-0.1, -0.05) is 31.5 Å². The predicted octanol–water partition coefficient (Wildman–Crippen LogP) is 5.00. The molecule has 208 valence electrons. The first-order valence-corrected chi connectivity index (χ1v) is 13.2. The lowest BCUT2D eigenvalue weighted by Crippen LogP contribution is -2.44. The van der Waals surface area contributed by atoms with Crippen molar-refractivity contribution in [2.75, 3.05) is 38.2 Å². The van der Waals surface area contributed by atoms with Crippen LogP contribution in [0.25, 0.3) is 28.0 Å². The molecule has 0 unspecified atom stereocenters. The number of pyridine rings is 3. The average molecular weight is 567 g/mol. The number of halogens is 2. The van der Waals surface area contributed by atoms with E-state index in [1.807, 2.05) is 13.8 Å². The minimum Gasteiger partial charge on any atom is -0.496 e. The molecular formula is C28H28ClFN6O4. The Balaban J connectivity index is 2.01. The summed E-state index contributed by atoms with van der Waals surface area (Å²) < 4.78 is 21.8. The zero-order valence-corrected chi connectivity index (χ0v) is 23.3. The molecule has 40 heavy (non-hydrogen) atoms. The first-order chi connectivity index (χ1) is 19.1. The quantitative estimate of drug-likeness (QED) is 0.256. The first-order valence-electron chi connectivity index (χ1n) is 12.8. The normalized spacial score (nSPS) is 13.7. The number of nitrogens with one attached hydrogen (secondary N) is 1. The van der Waals surface area contributed by atoms with E-state index in [1.54, 1.807) is 30.2 Å². The number of nitrogens with zero attached hydrogens (tertiary/aromatic N) is 5. The van der Waals surface area contributed by atoms with E-state index in [1.165, 1.54) is 29.9 Å². The van der Waals surface area contributed by atoms with Crippen LogP contribution in [0, 0.1) is 22.9 Å². The highest BCUT2D eigenvalue weighted by molar-refractivity contribution is 6.34. The second-order valence-electron chi connectivity index (χ2n) is 9.86. The Bertz CT molecular complexity index is 1700. The summed E-state index contributed by atoms with van der Waals surface area (Å²) in [5, 5.41) is 16.1. The predicted molar refractivity (Wildman–Crippen MR) is 153 cm³/mol. The minimum atomic E-state index is -0.856. The number of anilines is 1. The third kappa shape index (κ3) is 4.54. The Morgan fingerprint density at radius 2 is 1.93 bits per heavy atom. The molecule has 0 radical (unpaired) electrons. The lowest BCUT2D eigenvalue weighted by Gasteiger charge is -2.30. The summed E-state index contributed by atoms with van der Waals surface area (Å²) in [6, 6.07) is 7.59. The molecule has 0 saturated carbocycles. The summed E-state index contributed by atoms with van der Waals surface area (Å²) in [4.78, 5) is 37.2. The van der Waals surface area contributed by atoms with Gasteiger partial charge in [-0.2, -0.15) is 0 Å². The van der Waals surface area contributed by atoms with Gasteiger partial charge in [-0.25, -0.2) is 9.37 Å². The van der Waals surface area contributed by atoms with Crippen LogP contribution < -0.4 is 20.5 Å². The van der Waals surface area contributed by atoms with Gasteiger partial charge in [0, 0.05) is 32.4 Å². The standard InChI is InChI=1S/C28H28ClFN6O4/c1-15(2)22-24(16(3)8-9-32-22)35-27-17(25(26(28(35)37)36(38)39)34-12-10-31-11-13-34)14-18(29)23(33-27)21-19(30)6-5-7-20(21)40-4/h5-9,14-15,31H,10-13H2,1-4H3. The SMILES string of the molecule is COc1cccc(F)c1-c1nc2c(cc1Cl)c(N1CCNCC1)c([N+](=O)[O-])c(=O)n2-c1c(C)ccnc1C(C)C. The molecule has 4 heterocycles. The van der Waals surface area contributed by atoms with E-state index in [2.05, 4.69) is 10.3 Å². The van der Waals surface area contributed by atoms with Crippen molar-refractivity contribution in [3.05, 3.63) is 79.1 Å².